The van der Waals surface area contributed by atoms with Crippen molar-refractivity contribution in [2.75, 3.05) is 0 Å². The first-order valence-corrected chi connectivity index (χ1v) is 6.33. The first-order valence-electron chi connectivity index (χ1n) is 6.33. The van der Waals surface area contributed by atoms with Crippen molar-refractivity contribution < 1.29 is 0 Å². The van der Waals surface area contributed by atoms with E-state index in [9.17, 15) is 0 Å². The molecule has 1 fully saturated rings. The van der Waals surface area contributed by atoms with Crippen LogP contribution in [0.1, 0.15) is 31.4 Å². The van der Waals surface area contributed by atoms with E-state index < -0.39 is 0 Å². The molecule has 1 saturated carbocycles. The van der Waals surface area contributed by atoms with Crippen LogP contribution in [0.15, 0.2) is 12.7 Å². The Balaban J connectivity index is 1.69. The summed E-state index contributed by atoms with van der Waals surface area (Å²) in [6, 6.07) is 0.675. The molecule has 0 aliphatic heterocycles. The number of aromatic nitrogens is 6. The third-order valence-electron chi connectivity index (χ3n) is 3.11. The van der Waals surface area contributed by atoms with Crippen LogP contribution < -0.4 is 5.32 Å². The van der Waals surface area contributed by atoms with E-state index in [1.54, 1.807) is 12.7 Å². The van der Waals surface area contributed by atoms with Crippen LogP contribution in [0.2, 0.25) is 0 Å². The highest BCUT2D eigenvalue weighted by molar-refractivity contribution is 4.93. The van der Waals surface area contributed by atoms with Gasteiger partial charge in [-0.05, 0) is 19.8 Å². The second kappa shape index (κ2) is 4.85. The molecular weight excluding hydrogens is 230 g/mol. The number of rotatable bonds is 6. The first kappa shape index (κ1) is 11.3. The van der Waals surface area contributed by atoms with Gasteiger partial charge in [0.15, 0.2) is 0 Å². The molecule has 96 valence electrons. The van der Waals surface area contributed by atoms with Crippen LogP contribution in [0.25, 0.3) is 0 Å². The Kier molecular flexibility index (Phi) is 3.06. The lowest BCUT2D eigenvalue weighted by Crippen LogP contribution is -2.20. The van der Waals surface area contributed by atoms with Gasteiger partial charge in [0, 0.05) is 12.6 Å². The van der Waals surface area contributed by atoms with Gasteiger partial charge < -0.3 is 5.32 Å². The second-order valence-electron chi connectivity index (χ2n) is 4.48. The molecule has 7 heteroatoms. The summed E-state index contributed by atoms with van der Waals surface area (Å²) in [5.74, 6) is 1.86. The topological polar surface area (TPSA) is 73.5 Å². The molecule has 3 rings (SSSR count). The number of nitrogens with zero attached hydrogens (tertiary/aromatic N) is 6. The monoisotopic (exact) mass is 247 g/mol. The van der Waals surface area contributed by atoms with Gasteiger partial charge in [0.25, 0.3) is 0 Å². The fourth-order valence-electron chi connectivity index (χ4n) is 1.89. The average molecular weight is 247 g/mol. The van der Waals surface area contributed by atoms with Gasteiger partial charge in [0.05, 0.1) is 6.54 Å². The summed E-state index contributed by atoms with van der Waals surface area (Å²) in [6.07, 6.45) is 5.73. The number of aryl methyl sites for hydroxylation is 1. The van der Waals surface area contributed by atoms with Gasteiger partial charge in [-0.15, -0.1) is 0 Å². The van der Waals surface area contributed by atoms with Gasteiger partial charge >= 0.3 is 0 Å². The fourth-order valence-corrected chi connectivity index (χ4v) is 1.89. The normalized spacial score (nSPS) is 15.2. The second-order valence-corrected chi connectivity index (χ2v) is 4.48. The van der Waals surface area contributed by atoms with Gasteiger partial charge in [-0.3, -0.25) is 0 Å². The summed E-state index contributed by atoms with van der Waals surface area (Å²) in [4.78, 5) is 8.54. The van der Waals surface area contributed by atoms with Crippen LogP contribution in [-0.4, -0.2) is 35.6 Å². The van der Waals surface area contributed by atoms with E-state index in [-0.39, 0.29) is 0 Å². The summed E-state index contributed by atoms with van der Waals surface area (Å²) in [5, 5.41) is 11.8. The zero-order valence-electron chi connectivity index (χ0n) is 10.5. The third-order valence-corrected chi connectivity index (χ3v) is 3.11. The smallest absolute Gasteiger partial charge is 0.148 e. The van der Waals surface area contributed by atoms with E-state index in [4.69, 9.17) is 0 Å². The average Bonchev–Trinajstić information content (AvgIpc) is 2.94. The van der Waals surface area contributed by atoms with E-state index in [2.05, 4.69) is 32.4 Å². The first-order chi connectivity index (χ1) is 8.86. The highest BCUT2D eigenvalue weighted by Gasteiger charge is 2.21. The van der Waals surface area contributed by atoms with Crippen LogP contribution in [0, 0.1) is 0 Å². The molecular formula is C11H17N7. The highest BCUT2D eigenvalue weighted by atomic mass is 15.4. The molecule has 0 radical (unpaired) electrons. The minimum Gasteiger partial charge on any atom is -0.307 e. The summed E-state index contributed by atoms with van der Waals surface area (Å²) in [7, 11) is 0. The highest BCUT2D eigenvalue weighted by Crippen LogP contribution is 2.18. The van der Waals surface area contributed by atoms with Gasteiger partial charge in [0.2, 0.25) is 0 Å². The molecule has 18 heavy (non-hydrogen) atoms. The minimum atomic E-state index is 0.621. The van der Waals surface area contributed by atoms with Crippen molar-refractivity contribution in [3.8, 4) is 0 Å². The molecule has 0 bridgehead atoms. The maximum absolute atomic E-state index is 4.28. The standard InChI is InChI=1S/C11H17N7/c1-2-17-11(14-8-15-17)6-18-10(13-7-16-18)5-12-9-3-4-9/h7-9,12H,2-6H2,1H3. The molecule has 2 heterocycles. The molecule has 1 aliphatic rings. The van der Waals surface area contributed by atoms with E-state index in [1.807, 2.05) is 9.36 Å². The molecule has 7 nitrogen and oxygen atoms in total. The Hall–Kier alpha value is -1.76. The molecule has 1 aliphatic carbocycles. The number of nitrogens with one attached hydrogen (secondary N) is 1. The molecule has 2 aromatic rings. The van der Waals surface area contributed by atoms with Crippen molar-refractivity contribution in [2.45, 2.75) is 45.4 Å². The van der Waals surface area contributed by atoms with Crippen LogP contribution in [0.4, 0.5) is 0 Å². The predicted octanol–water partition coefficient (Wildman–Crippen LogP) is 0.190. The molecule has 1 N–H and O–H groups in total. The number of hydrogen-bond donors (Lipinski definition) is 1. The SMILES string of the molecule is CCn1ncnc1Cn1ncnc1CNC1CC1. The molecule has 0 spiro atoms. The van der Waals surface area contributed by atoms with Gasteiger partial charge in [0.1, 0.15) is 30.8 Å². The van der Waals surface area contributed by atoms with Crippen LogP contribution in [-0.2, 0) is 19.6 Å². The lowest BCUT2D eigenvalue weighted by atomic mass is 10.5. The van der Waals surface area contributed by atoms with Crippen LogP contribution >= 0.6 is 0 Å². The van der Waals surface area contributed by atoms with Crippen molar-refractivity contribution in [3.05, 3.63) is 24.3 Å². The third kappa shape index (κ3) is 2.40. The molecule has 0 amide bonds. The Morgan fingerprint density at radius 3 is 2.61 bits per heavy atom. The fraction of sp³-hybridized carbons (Fsp3) is 0.636. The van der Waals surface area contributed by atoms with Crippen LogP contribution in [0.3, 0.4) is 0 Å². The van der Waals surface area contributed by atoms with E-state index >= 15 is 0 Å². The van der Waals surface area contributed by atoms with E-state index in [0.29, 0.717) is 12.6 Å². The lowest BCUT2D eigenvalue weighted by Gasteiger charge is -2.07. The van der Waals surface area contributed by atoms with Gasteiger partial charge in [-0.25, -0.2) is 19.3 Å². The molecule has 0 unspecified atom stereocenters. The maximum Gasteiger partial charge on any atom is 0.148 e. The Labute approximate surface area is 105 Å². The Morgan fingerprint density at radius 2 is 1.89 bits per heavy atom. The maximum atomic E-state index is 4.28. The zero-order valence-corrected chi connectivity index (χ0v) is 10.5. The Bertz CT molecular complexity index is 511. The van der Waals surface area contributed by atoms with Crippen molar-refractivity contribution >= 4 is 0 Å². The van der Waals surface area contributed by atoms with Crippen molar-refractivity contribution in [1.82, 2.24) is 34.8 Å². The van der Waals surface area contributed by atoms with E-state index in [0.717, 1.165) is 24.7 Å². The Morgan fingerprint density at radius 1 is 1.17 bits per heavy atom. The summed E-state index contributed by atoms with van der Waals surface area (Å²) in [5.41, 5.74) is 0. The van der Waals surface area contributed by atoms with Gasteiger partial charge in [-0.1, -0.05) is 0 Å². The van der Waals surface area contributed by atoms with Crippen molar-refractivity contribution in [1.29, 1.82) is 0 Å². The quantitative estimate of drug-likeness (QED) is 0.789. The van der Waals surface area contributed by atoms with Crippen molar-refractivity contribution in [3.63, 3.8) is 0 Å². The molecule has 0 aromatic carbocycles. The molecule has 0 atom stereocenters. The number of hydrogen-bond acceptors (Lipinski definition) is 5. The van der Waals surface area contributed by atoms with Gasteiger partial charge in [-0.2, -0.15) is 10.2 Å². The van der Waals surface area contributed by atoms with E-state index in [1.165, 1.54) is 12.8 Å². The predicted molar refractivity (Wildman–Crippen MR) is 64.7 cm³/mol. The minimum absolute atomic E-state index is 0.621. The summed E-state index contributed by atoms with van der Waals surface area (Å²) < 4.78 is 3.76. The van der Waals surface area contributed by atoms with Crippen LogP contribution in [0.5, 0.6) is 0 Å². The summed E-state index contributed by atoms with van der Waals surface area (Å²) >= 11 is 0. The van der Waals surface area contributed by atoms with Crippen molar-refractivity contribution in [2.24, 2.45) is 0 Å². The zero-order chi connectivity index (χ0) is 12.4. The largest absolute Gasteiger partial charge is 0.307 e. The lowest BCUT2D eigenvalue weighted by molar-refractivity contribution is 0.536. The molecule has 2 aromatic heterocycles. The summed E-state index contributed by atoms with van der Waals surface area (Å²) in [6.45, 7) is 4.26. The molecule has 0 saturated heterocycles.